The summed E-state index contributed by atoms with van der Waals surface area (Å²) in [5, 5.41) is 12.3. The first-order valence-electron chi connectivity index (χ1n) is 3.50. The summed E-state index contributed by atoms with van der Waals surface area (Å²) in [5.41, 5.74) is 1.01. The molecule has 1 heterocycles. The number of carbonyl (C=O) groups is 1. The molecule has 0 aliphatic heterocycles. The highest BCUT2D eigenvalue weighted by molar-refractivity contribution is 5.84. The zero-order valence-electron chi connectivity index (χ0n) is 6.82. The monoisotopic (exact) mass is 166 g/mol. The molecule has 1 rings (SSSR count). The lowest BCUT2D eigenvalue weighted by Gasteiger charge is -1.97. The van der Waals surface area contributed by atoms with Gasteiger partial charge in [0.25, 0.3) is 0 Å². The average Bonchev–Trinajstić information content (AvgIpc) is 2.34. The Morgan fingerprint density at radius 2 is 2.50 bits per heavy atom. The summed E-state index contributed by atoms with van der Waals surface area (Å²) >= 11 is 0. The van der Waals surface area contributed by atoms with Gasteiger partial charge < -0.3 is 5.11 Å². The average molecular weight is 166 g/mol. The topological polar surface area (TPSA) is 55.1 Å². The molecule has 0 saturated carbocycles. The molecule has 0 aromatic carbocycles. The molecule has 0 atom stereocenters. The quantitative estimate of drug-likeness (QED) is 0.685. The second kappa shape index (κ2) is 3.21. The van der Waals surface area contributed by atoms with E-state index in [1.165, 1.54) is 6.07 Å². The fourth-order valence-corrected chi connectivity index (χ4v) is 0.840. The summed E-state index contributed by atoms with van der Waals surface area (Å²) in [6, 6.07) is 1.46. The van der Waals surface area contributed by atoms with E-state index in [9.17, 15) is 4.79 Å². The first kappa shape index (κ1) is 8.52. The molecule has 4 heteroatoms. The predicted octanol–water partition coefficient (Wildman–Crippen LogP) is 1.16. The number of aromatic nitrogens is 2. The van der Waals surface area contributed by atoms with Crippen molar-refractivity contribution < 1.29 is 9.90 Å². The Morgan fingerprint density at radius 3 is 2.92 bits per heavy atom. The van der Waals surface area contributed by atoms with Gasteiger partial charge in [-0.3, -0.25) is 4.68 Å². The van der Waals surface area contributed by atoms with E-state index < -0.39 is 5.97 Å². The highest BCUT2D eigenvalue weighted by Crippen LogP contribution is 1.98. The lowest BCUT2D eigenvalue weighted by atomic mass is 10.4. The third kappa shape index (κ3) is 1.95. The number of hydrogen-bond acceptors (Lipinski definition) is 2. The highest BCUT2D eigenvalue weighted by Gasteiger charge is 2.05. The van der Waals surface area contributed by atoms with E-state index in [1.807, 2.05) is 6.92 Å². The van der Waals surface area contributed by atoms with Crippen molar-refractivity contribution in [1.29, 1.82) is 0 Å². The van der Waals surface area contributed by atoms with E-state index in [4.69, 9.17) is 5.11 Å². The molecule has 0 radical (unpaired) electrons. The van der Waals surface area contributed by atoms with E-state index in [-0.39, 0.29) is 5.69 Å². The Morgan fingerprint density at radius 1 is 1.83 bits per heavy atom. The molecule has 0 saturated heterocycles. The Labute approximate surface area is 70.1 Å². The minimum atomic E-state index is -1.00. The third-order valence-corrected chi connectivity index (χ3v) is 1.29. The van der Waals surface area contributed by atoms with E-state index in [2.05, 4.69) is 11.7 Å². The Hall–Kier alpha value is -1.58. The normalized spacial score (nSPS) is 9.75. The fraction of sp³-hybridized carbons (Fsp3) is 0.250. The molecule has 12 heavy (non-hydrogen) atoms. The summed E-state index contributed by atoms with van der Waals surface area (Å²) in [6.07, 6.45) is 1.62. The molecule has 1 aromatic heterocycles. The van der Waals surface area contributed by atoms with E-state index in [0.717, 1.165) is 5.57 Å². The van der Waals surface area contributed by atoms with Gasteiger partial charge in [-0.25, -0.2) is 4.79 Å². The lowest BCUT2D eigenvalue weighted by Crippen LogP contribution is -2.03. The SMILES string of the molecule is C=C(C)Cn1ccc(C(=O)O)n1. The van der Waals surface area contributed by atoms with Crippen molar-refractivity contribution in [3.05, 3.63) is 30.1 Å². The van der Waals surface area contributed by atoms with Gasteiger partial charge in [-0.05, 0) is 13.0 Å². The van der Waals surface area contributed by atoms with Gasteiger partial charge in [-0.15, -0.1) is 0 Å². The Kier molecular flexibility index (Phi) is 2.28. The molecule has 0 spiro atoms. The van der Waals surface area contributed by atoms with Gasteiger partial charge in [-0.2, -0.15) is 5.10 Å². The van der Waals surface area contributed by atoms with Gasteiger partial charge in [0.05, 0.1) is 6.54 Å². The van der Waals surface area contributed by atoms with Crippen LogP contribution in [0.5, 0.6) is 0 Å². The molecule has 1 aromatic rings. The fourth-order valence-electron chi connectivity index (χ4n) is 0.840. The molecular weight excluding hydrogens is 156 g/mol. The van der Waals surface area contributed by atoms with Gasteiger partial charge in [-0.1, -0.05) is 12.2 Å². The van der Waals surface area contributed by atoms with Crippen LogP contribution in [-0.4, -0.2) is 20.9 Å². The van der Waals surface area contributed by atoms with Crippen LogP contribution >= 0.6 is 0 Å². The van der Waals surface area contributed by atoms with Gasteiger partial charge in [0.2, 0.25) is 0 Å². The minimum absolute atomic E-state index is 0.0660. The van der Waals surface area contributed by atoms with Crippen LogP contribution in [0.15, 0.2) is 24.4 Å². The number of rotatable bonds is 3. The van der Waals surface area contributed by atoms with Crippen LogP contribution in [0.4, 0.5) is 0 Å². The second-order valence-corrected chi connectivity index (χ2v) is 2.66. The molecule has 0 aliphatic carbocycles. The highest BCUT2D eigenvalue weighted by atomic mass is 16.4. The van der Waals surface area contributed by atoms with E-state index in [0.29, 0.717) is 6.54 Å². The molecule has 4 nitrogen and oxygen atoms in total. The first-order valence-corrected chi connectivity index (χ1v) is 3.50. The van der Waals surface area contributed by atoms with Gasteiger partial charge in [0.1, 0.15) is 0 Å². The maximum Gasteiger partial charge on any atom is 0.356 e. The number of nitrogens with zero attached hydrogens (tertiary/aromatic N) is 2. The van der Waals surface area contributed by atoms with Crippen molar-refractivity contribution in [2.45, 2.75) is 13.5 Å². The van der Waals surface area contributed by atoms with Gasteiger partial charge >= 0.3 is 5.97 Å². The van der Waals surface area contributed by atoms with Crippen molar-refractivity contribution in [1.82, 2.24) is 9.78 Å². The Bertz CT molecular complexity index is 315. The summed E-state index contributed by atoms with van der Waals surface area (Å²) in [4.78, 5) is 10.4. The van der Waals surface area contributed by atoms with Crippen LogP contribution in [-0.2, 0) is 6.54 Å². The molecule has 0 fully saturated rings. The summed E-state index contributed by atoms with van der Waals surface area (Å²) < 4.78 is 1.55. The van der Waals surface area contributed by atoms with Crippen molar-refractivity contribution in [3.8, 4) is 0 Å². The van der Waals surface area contributed by atoms with Crippen LogP contribution in [0.2, 0.25) is 0 Å². The third-order valence-electron chi connectivity index (χ3n) is 1.29. The summed E-state index contributed by atoms with van der Waals surface area (Å²) in [5.74, 6) is -1.00. The predicted molar refractivity (Wildman–Crippen MR) is 44.0 cm³/mol. The van der Waals surface area contributed by atoms with Gasteiger partial charge in [0.15, 0.2) is 5.69 Å². The molecule has 0 aliphatic rings. The molecule has 64 valence electrons. The standard InChI is InChI=1S/C8H10N2O2/c1-6(2)5-10-4-3-7(9-10)8(11)12/h3-4H,1,5H2,2H3,(H,11,12). The number of carboxylic acid groups (broad SMARTS) is 1. The largest absolute Gasteiger partial charge is 0.476 e. The maximum atomic E-state index is 10.4. The molecule has 1 N–H and O–H groups in total. The second-order valence-electron chi connectivity index (χ2n) is 2.66. The first-order chi connectivity index (χ1) is 5.59. The number of hydrogen-bond donors (Lipinski definition) is 1. The number of aromatic carboxylic acids is 1. The summed E-state index contributed by atoms with van der Waals surface area (Å²) in [6.45, 7) is 6.12. The van der Waals surface area contributed by atoms with Crippen molar-refractivity contribution in [2.24, 2.45) is 0 Å². The smallest absolute Gasteiger partial charge is 0.356 e. The minimum Gasteiger partial charge on any atom is -0.476 e. The van der Waals surface area contributed by atoms with Crippen LogP contribution in [0.3, 0.4) is 0 Å². The number of allylic oxidation sites excluding steroid dienone is 1. The molecule has 0 amide bonds. The van der Waals surface area contributed by atoms with E-state index in [1.54, 1.807) is 10.9 Å². The van der Waals surface area contributed by atoms with Crippen LogP contribution < -0.4 is 0 Å². The summed E-state index contributed by atoms with van der Waals surface area (Å²) in [7, 11) is 0. The number of carboxylic acids is 1. The molecular formula is C8H10N2O2. The molecule has 0 bridgehead atoms. The zero-order valence-corrected chi connectivity index (χ0v) is 6.82. The Balaban J connectivity index is 2.77. The van der Waals surface area contributed by atoms with Crippen LogP contribution in [0.1, 0.15) is 17.4 Å². The van der Waals surface area contributed by atoms with E-state index >= 15 is 0 Å². The van der Waals surface area contributed by atoms with Crippen molar-refractivity contribution >= 4 is 5.97 Å². The molecule has 0 unspecified atom stereocenters. The van der Waals surface area contributed by atoms with Crippen molar-refractivity contribution in [2.75, 3.05) is 0 Å². The van der Waals surface area contributed by atoms with Crippen LogP contribution in [0.25, 0.3) is 0 Å². The van der Waals surface area contributed by atoms with Crippen LogP contribution in [0, 0.1) is 0 Å². The van der Waals surface area contributed by atoms with Crippen molar-refractivity contribution in [3.63, 3.8) is 0 Å². The lowest BCUT2D eigenvalue weighted by molar-refractivity contribution is 0.0689. The van der Waals surface area contributed by atoms with Gasteiger partial charge in [0, 0.05) is 6.20 Å². The maximum absolute atomic E-state index is 10.4. The zero-order chi connectivity index (χ0) is 9.14.